The first-order chi connectivity index (χ1) is 11.7. The van der Waals surface area contributed by atoms with Crippen molar-refractivity contribution in [3.63, 3.8) is 0 Å². The van der Waals surface area contributed by atoms with E-state index in [0.717, 1.165) is 5.56 Å². The third-order valence-corrected chi connectivity index (χ3v) is 3.48. The van der Waals surface area contributed by atoms with Crippen LogP contribution >= 0.6 is 0 Å². The Labute approximate surface area is 142 Å². The molecular weight excluding hydrogens is 304 g/mol. The van der Waals surface area contributed by atoms with Gasteiger partial charge in [0.05, 0.1) is 6.61 Å². The van der Waals surface area contributed by atoms with Gasteiger partial charge in [-0.05, 0) is 30.2 Å². The first-order valence-corrected chi connectivity index (χ1v) is 7.90. The highest BCUT2D eigenvalue weighted by atomic mass is 16.5. The van der Waals surface area contributed by atoms with Crippen LogP contribution in [0.2, 0.25) is 0 Å². The maximum atomic E-state index is 12.0. The number of ether oxygens (including phenoxy) is 1. The number of anilines is 1. The zero-order chi connectivity index (χ0) is 17.2. The lowest BCUT2D eigenvalue weighted by Crippen LogP contribution is -2.27. The standard InChI is InChI=1S/C19H22N2O3/c1-24-13-12-20-19(23)16-8-5-9-17(14-16)21-18(22)11-10-15-6-3-2-4-7-15/h2-9,14H,10-13H2,1H3,(H,20,23)(H,21,22). The van der Waals surface area contributed by atoms with E-state index in [4.69, 9.17) is 4.74 Å². The summed E-state index contributed by atoms with van der Waals surface area (Å²) < 4.78 is 4.90. The lowest BCUT2D eigenvalue weighted by molar-refractivity contribution is -0.116. The normalized spacial score (nSPS) is 10.2. The Morgan fingerprint density at radius 1 is 1.04 bits per heavy atom. The Kier molecular flexibility index (Phi) is 6.98. The Hall–Kier alpha value is -2.66. The first kappa shape index (κ1) is 17.7. The summed E-state index contributed by atoms with van der Waals surface area (Å²) in [5.74, 6) is -0.261. The fourth-order valence-corrected chi connectivity index (χ4v) is 2.23. The number of hydrogen-bond donors (Lipinski definition) is 2. The largest absolute Gasteiger partial charge is 0.383 e. The topological polar surface area (TPSA) is 67.4 Å². The van der Waals surface area contributed by atoms with E-state index in [1.165, 1.54) is 0 Å². The molecule has 0 heterocycles. The zero-order valence-corrected chi connectivity index (χ0v) is 13.7. The first-order valence-electron chi connectivity index (χ1n) is 7.90. The van der Waals surface area contributed by atoms with E-state index < -0.39 is 0 Å². The van der Waals surface area contributed by atoms with Crippen molar-refractivity contribution in [1.82, 2.24) is 5.32 Å². The van der Waals surface area contributed by atoms with Gasteiger partial charge < -0.3 is 15.4 Å². The van der Waals surface area contributed by atoms with Crippen molar-refractivity contribution >= 4 is 17.5 Å². The van der Waals surface area contributed by atoms with Crippen LogP contribution in [0.1, 0.15) is 22.3 Å². The minimum atomic E-state index is -0.188. The van der Waals surface area contributed by atoms with Crippen molar-refractivity contribution in [1.29, 1.82) is 0 Å². The Balaban J connectivity index is 1.86. The summed E-state index contributed by atoms with van der Waals surface area (Å²) in [6, 6.07) is 16.8. The number of nitrogens with one attached hydrogen (secondary N) is 2. The number of aryl methyl sites for hydroxylation is 1. The van der Waals surface area contributed by atoms with Gasteiger partial charge in [0, 0.05) is 31.3 Å². The summed E-state index contributed by atoms with van der Waals surface area (Å²) in [5.41, 5.74) is 2.25. The predicted octanol–water partition coefficient (Wildman–Crippen LogP) is 2.63. The van der Waals surface area contributed by atoms with Crippen molar-refractivity contribution in [2.45, 2.75) is 12.8 Å². The molecular formula is C19H22N2O3. The van der Waals surface area contributed by atoms with Gasteiger partial charge in [-0.1, -0.05) is 36.4 Å². The maximum absolute atomic E-state index is 12.0. The SMILES string of the molecule is COCCNC(=O)c1cccc(NC(=O)CCc2ccccc2)c1. The summed E-state index contributed by atoms with van der Waals surface area (Å²) in [7, 11) is 1.58. The minimum Gasteiger partial charge on any atom is -0.383 e. The van der Waals surface area contributed by atoms with Crippen molar-refractivity contribution in [2.75, 3.05) is 25.6 Å². The molecule has 2 aromatic carbocycles. The van der Waals surface area contributed by atoms with E-state index in [9.17, 15) is 9.59 Å². The van der Waals surface area contributed by atoms with Gasteiger partial charge in [0.15, 0.2) is 0 Å². The molecule has 0 atom stereocenters. The summed E-state index contributed by atoms with van der Waals surface area (Å²) >= 11 is 0. The average molecular weight is 326 g/mol. The summed E-state index contributed by atoms with van der Waals surface area (Å²) in [6.07, 6.45) is 1.08. The van der Waals surface area contributed by atoms with Crippen LogP contribution in [0.4, 0.5) is 5.69 Å². The van der Waals surface area contributed by atoms with E-state index >= 15 is 0 Å². The molecule has 0 spiro atoms. The number of hydrogen-bond acceptors (Lipinski definition) is 3. The molecule has 0 aliphatic carbocycles. The molecule has 2 N–H and O–H groups in total. The van der Waals surface area contributed by atoms with Gasteiger partial charge in [0.25, 0.3) is 5.91 Å². The fraction of sp³-hybridized carbons (Fsp3) is 0.263. The number of benzene rings is 2. The number of methoxy groups -OCH3 is 1. The van der Waals surface area contributed by atoms with Gasteiger partial charge in [0.1, 0.15) is 0 Å². The molecule has 0 saturated heterocycles. The second-order valence-corrected chi connectivity index (χ2v) is 5.36. The van der Waals surface area contributed by atoms with Crippen LogP contribution < -0.4 is 10.6 Å². The quantitative estimate of drug-likeness (QED) is 0.733. The number of amides is 2. The van der Waals surface area contributed by atoms with Gasteiger partial charge in [-0.25, -0.2) is 0 Å². The number of rotatable bonds is 8. The third-order valence-electron chi connectivity index (χ3n) is 3.48. The second kappa shape index (κ2) is 9.47. The molecule has 5 heteroatoms. The van der Waals surface area contributed by atoms with Crippen LogP contribution in [-0.4, -0.2) is 32.1 Å². The van der Waals surface area contributed by atoms with E-state index in [1.807, 2.05) is 30.3 Å². The predicted molar refractivity (Wildman–Crippen MR) is 94.0 cm³/mol. The second-order valence-electron chi connectivity index (χ2n) is 5.36. The average Bonchev–Trinajstić information content (AvgIpc) is 2.61. The van der Waals surface area contributed by atoms with Crippen molar-refractivity contribution < 1.29 is 14.3 Å². The van der Waals surface area contributed by atoms with E-state index in [-0.39, 0.29) is 11.8 Å². The van der Waals surface area contributed by atoms with Crippen molar-refractivity contribution in [3.05, 3.63) is 65.7 Å². The van der Waals surface area contributed by atoms with Gasteiger partial charge in [-0.15, -0.1) is 0 Å². The molecule has 5 nitrogen and oxygen atoms in total. The Morgan fingerprint density at radius 2 is 1.83 bits per heavy atom. The van der Waals surface area contributed by atoms with Crippen LogP contribution in [0.3, 0.4) is 0 Å². The van der Waals surface area contributed by atoms with Gasteiger partial charge in [-0.2, -0.15) is 0 Å². The van der Waals surface area contributed by atoms with Gasteiger partial charge in [0.2, 0.25) is 5.91 Å². The molecule has 0 saturated carbocycles. The minimum absolute atomic E-state index is 0.0733. The molecule has 2 rings (SSSR count). The maximum Gasteiger partial charge on any atom is 0.251 e. The van der Waals surface area contributed by atoms with Gasteiger partial charge >= 0.3 is 0 Å². The summed E-state index contributed by atoms with van der Waals surface area (Å²) in [5, 5.41) is 5.58. The molecule has 0 aliphatic heterocycles. The van der Waals surface area contributed by atoms with Crippen LogP contribution in [0.15, 0.2) is 54.6 Å². The summed E-state index contributed by atoms with van der Waals surface area (Å²) in [4.78, 5) is 24.0. The molecule has 0 radical (unpaired) electrons. The molecule has 0 aromatic heterocycles. The molecule has 0 unspecified atom stereocenters. The highest BCUT2D eigenvalue weighted by molar-refractivity contribution is 5.97. The molecule has 0 fully saturated rings. The number of carbonyl (C=O) groups excluding carboxylic acids is 2. The fourth-order valence-electron chi connectivity index (χ4n) is 2.23. The van der Waals surface area contributed by atoms with E-state index in [2.05, 4.69) is 10.6 Å². The third kappa shape index (κ3) is 5.85. The summed E-state index contributed by atoms with van der Waals surface area (Å²) in [6.45, 7) is 0.907. The molecule has 126 valence electrons. The van der Waals surface area contributed by atoms with E-state index in [1.54, 1.807) is 31.4 Å². The smallest absolute Gasteiger partial charge is 0.251 e. The number of carbonyl (C=O) groups is 2. The molecule has 0 aliphatic rings. The monoisotopic (exact) mass is 326 g/mol. The lowest BCUT2D eigenvalue weighted by atomic mass is 10.1. The molecule has 0 bridgehead atoms. The highest BCUT2D eigenvalue weighted by Crippen LogP contribution is 2.12. The van der Waals surface area contributed by atoms with Crippen LogP contribution in [-0.2, 0) is 16.0 Å². The molecule has 24 heavy (non-hydrogen) atoms. The Bertz CT molecular complexity index is 671. The molecule has 2 aromatic rings. The van der Waals surface area contributed by atoms with Crippen LogP contribution in [0, 0.1) is 0 Å². The zero-order valence-electron chi connectivity index (χ0n) is 13.7. The molecule has 2 amide bonds. The van der Waals surface area contributed by atoms with Crippen LogP contribution in [0.5, 0.6) is 0 Å². The van der Waals surface area contributed by atoms with Crippen molar-refractivity contribution in [2.24, 2.45) is 0 Å². The Morgan fingerprint density at radius 3 is 2.58 bits per heavy atom. The van der Waals surface area contributed by atoms with Crippen molar-refractivity contribution in [3.8, 4) is 0 Å². The highest BCUT2D eigenvalue weighted by Gasteiger charge is 2.08. The van der Waals surface area contributed by atoms with E-state index in [0.29, 0.717) is 37.2 Å². The van der Waals surface area contributed by atoms with Crippen LogP contribution in [0.25, 0.3) is 0 Å². The lowest BCUT2D eigenvalue weighted by Gasteiger charge is -2.08. The van der Waals surface area contributed by atoms with Gasteiger partial charge in [-0.3, -0.25) is 9.59 Å².